The topological polar surface area (TPSA) is 84.0 Å². The third kappa shape index (κ3) is 7.19. The Morgan fingerprint density at radius 3 is 2.64 bits per heavy atom. The summed E-state index contributed by atoms with van der Waals surface area (Å²) in [5.41, 5.74) is 1.78. The summed E-state index contributed by atoms with van der Waals surface area (Å²) in [6.45, 7) is 5.72. The Balaban J connectivity index is 1.76. The summed E-state index contributed by atoms with van der Waals surface area (Å²) in [5.74, 6) is 2.14. The van der Waals surface area contributed by atoms with Gasteiger partial charge in [0.15, 0.2) is 5.96 Å². The van der Waals surface area contributed by atoms with Gasteiger partial charge >= 0.3 is 0 Å². The first-order valence-electron chi connectivity index (χ1n) is 9.28. The molecule has 0 radical (unpaired) electrons. The zero-order valence-electron chi connectivity index (χ0n) is 16.6. The van der Waals surface area contributed by atoms with Crippen LogP contribution in [0.25, 0.3) is 0 Å². The van der Waals surface area contributed by atoms with Crippen LogP contribution >= 0.6 is 0 Å². The van der Waals surface area contributed by atoms with Crippen molar-refractivity contribution in [2.24, 2.45) is 4.99 Å². The standard InChI is InChI=1S/C21H28N4O3/c1-4-27-20-11-6-5-8-17(20)15-24-21(22-3)23-12-13-28-19-10-7-9-18(14-19)25-16(2)26/h5-11,14H,4,12-13,15H2,1-3H3,(H,25,26)(H2,22,23,24). The van der Waals surface area contributed by atoms with Gasteiger partial charge in [0.2, 0.25) is 5.91 Å². The first-order valence-corrected chi connectivity index (χ1v) is 9.28. The second kappa shape index (κ2) is 11.5. The van der Waals surface area contributed by atoms with E-state index in [1.807, 2.05) is 49.4 Å². The van der Waals surface area contributed by atoms with Crippen LogP contribution in [0.5, 0.6) is 11.5 Å². The van der Waals surface area contributed by atoms with Crippen LogP contribution < -0.4 is 25.4 Å². The van der Waals surface area contributed by atoms with E-state index in [0.29, 0.717) is 43.7 Å². The Hall–Kier alpha value is -3.22. The van der Waals surface area contributed by atoms with Crippen molar-refractivity contribution in [2.75, 3.05) is 32.1 Å². The highest BCUT2D eigenvalue weighted by atomic mass is 16.5. The minimum absolute atomic E-state index is 0.111. The van der Waals surface area contributed by atoms with Crippen molar-refractivity contribution in [3.05, 3.63) is 54.1 Å². The number of carbonyl (C=O) groups is 1. The highest BCUT2D eigenvalue weighted by molar-refractivity contribution is 5.88. The quantitative estimate of drug-likeness (QED) is 0.352. The maximum Gasteiger partial charge on any atom is 0.221 e. The molecule has 7 nitrogen and oxygen atoms in total. The lowest BCUT2D eigenvalue weighted by atomic mass is 10.2. The van der Waals surface area contributed by atoms with E-state index in [9.17, 15) is 4.79 Å². The van der Waals surface area contributed by atoms with E-state index < -0.39 is 0 Å². The molecule has 1 amide bonds. The molecule has 2 aromatic carbocycles. The van der Waals surface area contributed by atoms with Crippen molar-refractivity contribution in [2.45, 2.75) is 20.4 Å². The van der Waals surface area contributed by atoms with Gasteiger partial charge < -0.3 is 25.4 Å². The molecule has 0 fully saturated rings. The highest BCUT2D eigenvalue weighted by Gasteiger charge is 2.04. The van der Waals surface area contributed by atoms with Gasteiger partial charge in [-0.2, -0.15) is 0 Å². The molecule has 0 spiro atoms. The summed E-state index contributed by atoms with van der Waals surface area (Å²) < 4.78 is 11.4. The molecule has 0 saturated heterocycles. The maximum atomic E-state index is 11.1. The van der Waals surface area contributed by atoms with Crippen LogP contribution in [-0.4, -0.2) is 38.7 Å². The van der Waals surface area contributed by atoms with Crippen LogP contribution in [0.15, 0.2) is 53.5 Å². The first kappa shape index (κ1) is 21.1. The summed E-state index contributed by atoms with van der Waals surface area (Å²) in [4.78, 5) is 15.3. The summed E-state index contributed by atoms with van der Waals surface area (Å²) in [7, 11) is 1.72. The van der Waals surface area contributed by atoms with Gasteiger partial charge in [-0.1, -0.05) is 24.3 Å². The summed E-state index contributed by atoms with van der Waals surface area (Å²) in [6.07, 6.45) is 0. The van der Waals surface area contributed by atoms with Crippen molar-refractivity contribution < 1.29 is 14.3 Å². The van der Waals surface area contributed by atoms with Gasteiger partial charge in [0.1, 0.15) is 18.1 Å². The lowest BCUT2D eigenvalue weighted by molar-refractivity contribution is -0.114. The zero-order chi connectivity index (χ0) is 20.2. The number of carbonyl (C=O) groups excluding carboxylic acids is 1. The molecule has 0 saturated carbocycles. The number of hydrogen-bond donors (Lipinski definition) is 3. The second-order valence-corrected chi connectivity index (χ2v) is 5.95. The average Bonchev–Trinajstić information content (AvgIpc) is 2.68. The van der Waals surface area contributed by atoms with Gasteiger partial charge in [-0.3, -0.25) is 9.79 Å². The number of aliphatic imine (C=N–C) groups is 1. The SMILES string of the molecule is CCOc1ccccc1CNC(=NC)NCCOc1cccc(NC(C)=O)c1. The molecule has 0 aromatic heterocycles. The van der Waals surface area contributed by atoms with E-state index in [1.165, 1.54) is 6.92 Å². The number of guanidine groups is 1. The molecule has 0 atom stereocenters. The normalized spacial score (nSPS) is 10.9. The Morgan fingerprint density at radius 2 is 1.89 bits per heavy atom. The zero-order valence-corrected chi connectivity index (χ0v) is 16.6. The number of nitrogens with zero attached hydrogens (tertiary/aromatic N) is 1. The Bertz CT molecular complexity index is 793. The first-order chi connectivity index (χ1) is 13.6. The van der Waals surface area contributed by atoms with Crippen LogP contribution in [0.2, 0.25) is 0 Å². The van der Waals surface area contributed by atoms with Crippen LogP contribution in [0.3, 0.4) is 0 Å². The number of amides is 1. The van der Waals surface area contributed by atoms with E-state index in [4.69, 9.17) is 9.47 Å². The van der Waals surface area contributed by atoms with Crippen LogP contribution in [0.4, 0.5) is 5.69 Å². The molecule has 0 aliphatic carbocycles. The molecule has 0 unspecified atom stereocenters. The molecule has 0 aliphatic heterocycles. The van der Waals surface area contributed by atoms with Crippen molar-refractivity contribution >= 4 is 17.6 Å². The molecule has 150 valence electrons. The maximum absolute atomic E-state index is 11.1. The number of para-hydroxylation sites is 1. The van der Waals surface area contributed by atoms with E-state index in [-0.39, 0.29) is 5.91 Å². The Morgan fingerprint density at radius 1 is 1.07 bits per heavy atom. The predicted molar refractivity (Wildman–Crippen MR) is 112 cm³/mol. The van der Waals surface area contributed by atoms with Crippen LogP contribution in [0, 0.1) is 0 Å². The molecule has 2 aromatic rings. The van der Waals surface area contributed by atoms with Crippen molar-refractivity contribution in [1.82, 2.24) is 10.6 Å². The minimum Gasteiger partial charge on any atom is -0.494 e. The van der Waals surface area contributed by atoms with Gasteiger partial charge in [0.05, 0.1) is 13.2 Å². The van der Waals surface area contributed by atoms with E-state index in [0.717, 1.165) is 11.3 Å². The molecule has 7 heteroatoms. The van der Waals surface area contributed by atoms with Gasteiger partial charge in [-0.15, -0.1) is 0 Å². The monoisotopic (exact) mass is 384 g/mol. The van der Waals surface area contributed by atoms with Gasteiger partial charge in [0, 0.05) is 37.8 Å². The molecular formula is C21H28N4O3. The lowest BCUT2D eigenvalue weighted by Gasteiger charge is -2.15. The summed E-state index contributed by atoms with van der Waals surface area (Å²) in [6, 6.07) is 15.2. The van der Waals surface area contributed by atoms with Crippen LogP contribution in [-0.2, 0) is 11.3 Å². The predicted octanol–water partition coefficient (Wildman–Crippen LogP) is 2.79. The van der Waals surface area contributed by atoms with E-state index >= 15 is 0 Å². The third-order valence-corrected chi connectivity index (χ3v) is 3.76. The van der Waals surface area contributed by atoms with Gasteiger partial charge in [-0.05, 0) is 25.1 Å². The summed E-state index contributed by atoms with van der Waals surface area (Å²) in [5, 5.41) is 9.22. The number of benzene rings is 2. The largest absolute Gasteiger partial charge is 0.494 e. The third-order valence-electron chi connectivity index (χ3n) is 3.76. The molecule has 28 heavy (non-hydrogen) atoms. The fourth-order valence-corrected chi connectivity index (χ4v) is 2.55. The number of hydrogen-bond acceptors (Lipinski definition) is 4. The summed E-state index contributed by atoms with van der Waals surface area (Å²) >= 11 is 0. The molecular weight excluding hydrogens is 356 g/mol. The number of anilines is 1. The molecule has 0 bridgehead atoms. The Labute approximate surface area is 166 Å². The highest BCUT2D eigenvalue weighted by Crippen LogP contribution is 2.18. The molecule has 2 rings (SSSR count). The minimum atomic E-state index is -0.111. The van der Waals surface area contributed by atoms with Crippen molar-refractivity contribution in [1.29, 1.82) is 0 Å². The Kier molecular flexibility index (Phi) is 8.65. The molecule has 0 heterocycles. The number of ether oxygens (including phenoxy) is 2. The van der Waals surface area contributed by atoms with Gasteiger partial charge in [-0.25, -0.2) is 0 Å². The van der Waals surface area contributed by atoms with Crippen LogP contribution in [0.1, 0.15) is 19.4 Å². The lowest BCUT2D eigenvalue weighted by Crippen LogP contribution is -2.38. The smallest absolute Gasteiger partial charge is 0.221 e. The molecule has 3 N–H and O–H groups in total. The van der Waals surface area contributed by atoms with E-state index in [1.54, 1.807) is 13.1 Å². The van der Waals surface area contributed by atoms with E-state index in [2.05, 4.69) is 20.9 Å². The fraction of sp³-hybridized carbons (Fsp3) is 0.333. The van der Waals surface area contributed by atoms with Gasteiger partial charge in [0.25, 0.3) is 0 Å². The van der Waals surface area contributed by atoms with Crippen molar-refractivity contribution in [3.8, 4) is 11.5 Å². The fourth-order valence-electron chi connectivity index (χ4n) is 2.55. The second-order valence-electron chi connectivity index (χ2n) is 5.95. The molecule has 0 aliphatic rings. The number of nitrogens with one attached hydrogen (secondary N) is 3. The average molecular weight is 384 g/mol. The van der Waals surface area contributed by atoms with Crippen molar-refractivity contribution in [3.63, 3.8) is 0 Å². The number of rotatable bonds is 9.